The highest BCUT2D eigenvalue weighted by molar-refractivity contribution is 5.92. The first-order chi connectivity index (χ1) is 5.25. The minimum Gasteiger partial charge on any atom is -0.354 e. The first-order valence-electron chi connectivity index (χ1n) is 3.25. The summed E-state index contributed by atoms with van der Waals surface area (Å²) in [6, 6.07) is 0. The highest BCUT2D eigenvalue weighted by Gasteiger charge is 2.07. The lowest BCUT2D eigenvalue weighted by atomic mass is 10.3. The molecule has 11 heavy (non-hydrogen) atoms. The third kappa shape index (κ3) is 1.52. The predicted octanol–water partition coefficient (Wildman–Crippen LogP) is 0.145. The van der Waals surface area contributed by atoms with Gasteiger partial charge in [-0.1, -0.05) is 0 Å². The molecule has 0 aliphatic heterocycles. The molecule has 0 fully saturated rings. The molecule has 1 aromatic heterocycles. The van der Waals surface area contributed by atoms with Crippen LogP contribution in [-0.2, 0) is 0 Å². The second-order valence-electron chi connectivity index (χ2n) is 2.07. The molecular formula is C7H9N3O. The standard InChI is InChI=1S/C7H9N3O/c1-5-6(7(11)8-2)10-4-3-9-5/h3-4H,1-2H3,(H,8,11). The second kappa shape index (κ2) is 3.09. The summed E-state index contributed by atoms with van der Waals surface area (Å²) in [6.45, 7) is 1.75. The van der Waals surface area contributed by atoms with Crippen molar-refractivity contribution in [2.45, 2.75) is 6.92 Å². The minimum absolute atomic E-state index is 0.199. The Balaban J connectivity index is 3.03. The predicted molar refractivity (Wildman–Crippen MR) is 40.2 cm³/mol. The van der Waals surface area contributed by atoms with E-state index in [-0.39, 0.29) is 5.91 Å². The number of nitrogens with one attached hydrogen (secondary N) is 1. The van der Waals surface area contributed by atoms with Gasteiger partial charge in [0.2, 0.25) is 0 Å². The van der Waals surface area contributed by atoms with Gasteiger partial charge < -0.3 is 5.32 Å². The van der Waals surface area contributed by atoms with E-state index in [0.717, 1.165) is 0 Å². The molecule has 0 bridgehead atoms. The molecule has 0 saturated carbocycles. The quantitative estimate of drug-likeness (QED) is 0.621. The minimum atomic E-state index is -0.199. The Morgan fingerprint density at radius 3 is 2.64 bits per heavy atom. The van der Waals surface area contributed by atoms with Crippen LogP contribution in [0.5, 0.6) is 0 Å². The van der Waals surface area contributed by atoms with Gasteiger partial charge in [-0.2, -0.15) is 0 Å². The van der Waals surface area contributed by atoms with Crippen LogP contribution in [0.4, 0.5) is 0 Å². The normalized spacial score (nSPS) is 9.27. The van der Waals surface area contributed by atoms with E-state index in [0.29, 0.717) is 11.4 Å². The third-order valence-corrected chi connectivity index (χ3v) is 1.32. The summed E-state index contributed by atoms with van der Waals surface area (Å²) in [5, 5.41) is 2.48. The van der Waals surface area contributed by atoms with E-state index in [1.54, 1.807) is 20.2 Å². The number of aromatic nitrogens is 2. The van der Waals surface area contributed by atoms with Gasteiger partial charge in [0.25, 0.3) is 5.91 Å². The first-order valence-corrected chi connectivity index (χ1v) is 3.25. The van der Waals surface area contributed by atoms with Crippen molar-refractivity contribution in [1.82, 2.24) is 15.3 Å². The Hall–Kier alpha value is -1.45. The van der Waals surface area contributed by atoms with E-state index >= 15 is 0 Å². The summed E-state index contributed by atoms with van der Waals surface area (Å²) in [6.07, 6.45) is 3.05. The van der Waals surface area contributed by atoms with Gasteiger partial charge in [-0.15, -0.1) is 0 Å². The molecule has 0 aromatic carbocycles. The number of aryl methyl sites for hydroxylation is 1. The van der Waals surface area contributed by atoms with Crippen molar-refractivity contribution in [2.75, 3.05) is 7.05 Å². The fraction of sp³-hybridized carbons (Fsp3) is 0.286. The van der Waals surface area contributed by atoms with Crippen molar-refractivity contribution in [3.63, 3.8) is 0 Å². The molecule has 0 unspecified atom stereocenters. The van der Waals surface area contributed by atoms with Gasteiger partial charge in [-0.25, -0.2) is 4.98 Å². The molecule has 0 spiro atoms. The number of amides is 1. The summed E-state index contributed by atoms with van der Waals surface area (Å²) in [5.41, 5.74) is 1.03. The van der Waals surface area contributed by atoms with Crippen molar-refractivity contribution in [3.8, 4) is 0 Å². The van der Waals surface area contributed by atoms with Gasteiger partial charge in [0.15, 0.2) is 0 Å². The van der Waals surface area contributed by atoms with Crippen molar-refractivity contribution < 1.29 is 4.79 Å². The van der Waals surface area contributed by atoms with E-state index in [2.05, 4.69) is 15.3 Å². The smallest absolute Gasteiger partial charge is 0.271 e. The molecule has 0 aliphatic carbocycles. The monoisotopic (exact) mass is 151 g/mol. The van der Waals surface area contributed by atoms with Crippen LogP contribution in [0.25, 0.3) is 0 Å². The van der Waals surface area contributed by atoms with Gasteiger partial charge in [0, 0.05) is 19.4 Å². The van der Waals surface area contributed by atoms with Crippen LogP contribution >= 0.6 is 0 Å². The highest BCUT2D eigenvalue weighted by Crippen LogP contribution is 1.97. The molecule has 0 radical (unpaired) electrons. The Morgan fingerprint density at radius 1 is 1.45 bits per heavy atom. The summed E-state index contributed by atoms with van der Waals surface area (Å²) in [7, 11) is 1.57. The Labute approximate surface area is 64.7 Å². The topological polar surface area (TPSA) is 54.9 Å². The van der Waals surface area contributed by atoms with Crippen molar-refractivity contribution in [3.05, 3.63) is 23.8 Å². The molecule has 1 N–H and O–H groups in total. The molecule has 4 heteroatoms. The first kappa shape index (κ1) is 7.65. The Bertz CT molecular complexity index is 272. The summed E-state index contributed by atoms with van der Waals surface area (Å²) < 4.78 is 0. The van der Waals surface area contributed by atoms with E-state index in [4.69, 9.17) is 0 Å². The van der Waals surface area contributed by atoms with Crippen LogP contribution in [0, 0.1) is 6.92 Å². The van der Waals surface area contributed by atoms with Crippen molar-refractivity contribution in [1.29, 1.82) is 0 Å². The lowest BCUT2D eigenvalue weighted by Gasteiger charge is -1.99. The van der Waals surface area contributed by atoms with Crippen LogP contribution in [0.15, 0.2) is 12.4 Å². The van der Waals surface area contributed by atoms with E-state index < -0.39 is 0 Å². The molecule has 58 valence electrons. The molecule has 0 aliphatic rings. The zero-order valence-electron chi connectivity index (χ0n) is 6.46. The van der Waals surface area contributed by atoms with Crippen LogP contribution in [0.2, 0.25) is 0 Å². The maximum absolute atomic E-state index is 11.0. The molecule has 1 heterocycles. The highest BCUT2D eigenvalue weighted by atomic mass is 16.1. The third-order valence-electron chi connectivity index (χ3n) is 1.32. The summed E-state index contributed by atoms with van der Waals surface area (Å²) in [5.74, 6) is -0.199. The lowest BCUT2D eigenvalue weighted by molar-refractivity contribution is 0.0957. The zero-order valence-corrected chi connectivity index (χ0v) is 6.46. The average molecular weight is 151 g/mol. The molecule has 4 nitrogen and oxygen atoms in total. The van der Waals surface area contributed by atoms with Gasteiger partial charge >= 0.3 is 0 Å². The maximum Gasteiger partial charge on any atom is 0.271 e. The van der Waals surface area contributed by atoms with Crippen LogP contribution in [0.3, 0.4) is 0 Å². The zero-order chi connectivity index (χ0) is 8.27. The largest absolute Gasteiger partial charge is 0.354 e. The number of carbonyl (C=O) groups excluding carboxylic acids is 1. The van der Waals surface area contributed by atoms with Gasteiger partial charge in [-0.3, -0.25) is 9.78 Å². The molecule has 0 saturated heterocycles. The van der Waals surface area contributed by atoms with Crippen LogP contribution < -0.4 is 5.32 Å². The second-order valence-corrected chi connectivity index (χ2v) is 2.07. The SMILES string of the molecule is CNC(=O)c1nccnc1C. The maximum atomic E-state index is 11.0. The van der Waals surface area contributed by atoms with Gasteiger partial charge in [0.1, 0.15) is 5.69 Å². The Morgan fingerprint density at radius 2 is 2.09 bits per heavy atom. The summed E-state index contributed by atoms with van der Waals surface area (Å²) >= 11 is 0. The molecule has 0 atom stereocenters. The molecular weight excluding hydrogens is 142 g/mol. The number of carbonyl (C=O) groups is 1. The van der Waals surface area contributed by atoms with E-state index in [9.17, 15) is 4.79 Å². The number of hydrogen-bond donors (Lipinski definition) is 1. The van der Waals surface area contributed by atoms with E-state index in [1.165, 1.54) is 6.20 Å². The number of rotatable bonds is 1. The fourth-order valence-electron chi connectivity index (χ4n) is 0.749. The lowest BCUT2D eigenvalue weighted by Crippen LogP contribution is -2.20. The molecule has 1 rings (SSSR count). The van der Waals surface area contributed by atoms with Gasteiger partial charge in [0.05, 0.1) is 5.69 Å². The molecule has 1 aromatic rings. The summed E-state index contributed by atoms with van der Waals surface area (Å²) in [4.78, 5) is 18.8. The fourth-order valence-corrected chi connectivity index (χ4v) is 0.749. The van der Waals surface area contributed by atoms with E-state index in [1.807, 2.05) is 0 Å². The Kier molecular flexibility index (Phi) is 2.15. The van der Waals surface area contributed by atoms with Crippen molar-refractivity contribution in [2.24, 2.45) is 0 Å². The van der Waals surface area contributed by atoms with Crippen molar-refractivity contribution >= 4 is 5.91 Å². The van der Waals surface area contributed by atoms with Crippen LogP contribution in [-0.4, -0.2) is 22.9 Å². The van der Waals surface area contributed by atoms with Gasteiger partial charge in [-0.05, 0) is 6.92 Å². The number of nitrogens with zero attached hydrogens (tertiary/aromatic N) is 2. The molecule has 1 amide bonds. The van der Waals surface area contributed by atoms with Crippen LogP contribution in [0.1, 0.15) is 16.2 Å². The average Bonchev–Trinajstić information content (AvgIpc) is 2.04. The number of hydrogen-bond acceptors (Lipinski definition) is 3.